The zero-order valence-corrected chi connectivity index (χ0v) is 10.5. The Bertz CT molecular complexity index is 555. The van der Waals surface area contributed by atoms with Crippen molar-refractivity contribution in [1.82, 2.24) is 20.1 Å². The smallest absolute Gasteiger partial charge is 0.255 e. The van der Waals surface area contributed by atoms with Crippen molar-refractivity contribution >= 4 is 23.2 Å². The summed E-state index contributed by atoms with van der Waals surface area (Å²) in [7, 11) is 1.66. The molecule has 0 aliphatic rings. The lowest BCUT2D eigenvalue weighted by molar-refractivity contribution is 0.0782. The van der Waals surface area contributed by atoms with Gasteiger partial charge in [0.25, 0.3) is 5.91 Å². The van der Waals surface area contributed by atoms with Crippen LogP contribution in [0.5, 0.6) is 0 Å². The Morgan fingerprint density at radius 1 is 1.56 bits per heavy atom. The van der Waals surface area contributed by atoms with E-state index in [1.807, 2.05) is 0 Å². The molecule has 0 atom stereocenters. The van der Waals surface area contributed by atoms with Crippen molar-refractivity contribution in [2.45, 2.75) is 6.54 Å². The van der Waals surface area contributed by atoms with Crippen molar-refractivity contribution in [3.63, 3.8) is 0 Å². The second-order valence-electron chi connectivity index (χ2n) is 3.83. The van der Waals surface area contributed by atoms with Gasteiger partial charge in [0, 0.05) is 12.7 Å². The fourth-order valence-electron chi connectivity index (χ4n) is 1.52. The van der Waals surface area contributed by atoms with E-state index < -0.39 is 0 Å². The molecule has 1 heterocycles. The molecule has 94 valence electrons. The van der Waals surface area contributed by atoms with Crippen LogP contribution in [0, 0.1) is 0 Å². The van der Waals surface area contributed by atoms with E-state index in [0.717, 1.165) is 0 Å². The van der Waals surface area contributed by atoms with Gasteiger partial charge in [0.05, 0.1) is 17.1 Å². The van der Waals surface area contributed by atoms with Crippen LogP contribution in [0.3, 0.4) is 0 Å². The van der Waals surface area contributed by atoms with Crippen LogP contribution in [0.1, 0.15) is 16.2 Å². The van der Waals surface area contributed by atoms with Gasteiger partial charge >= 0.3 is 0 Å². The summed E-state index contributed by atoms with van der Waals surface area (Å²) in [5.74, 6) is 0.384. The first-order valence-corrected chi connectivity index (χ1v) is 5.60. The summed E-state index contributed by atoms with van der Waals surface area (Å²) >= 11 is 5.98. The lowest BCUT2D eigenvalue weighted by Gasteiger charge is -2.16. The molecule has 0 fully saturated rings. The normalized spacial score (nSPS) is 10.3. The number of hydrogen-bond donors (Lipinski definition) is 2. The number of carbonyl (C=O) groups is 1. The average Bonchev–Trinajstić information content (AvgIpc) is 2.84. The Balaban J connectivity index is 2.17. The molecule has 1 amide bonds. The van der Waals surface area contributed by atoms with E-state index in [9.17, 15) is 4.79 Å². The molecule has 2 rings (SSSR count). The molecule has 0 bridgehead atoms. The molecule has 0 radical (unpaired) electrons. The number of aromatic amines is 1. The maximum atomic E-state index is 12.2. The van der Waals surface area contributed by atoms with Crippen LogP contribution in [0.25, 0.3) is 0 Å². The zero-order valence-electron chi connectivity index (χ0n) is 9.72. The number of benzene rings is 1. The van der Waals surface area contributed by atoms with Crippen molar-refractivity contribution < 1.29 is 4.79 Å². The zero-order chi connectivity index (χ0) is 13.1. The van der Waals surface area contributed by atoms with E-state index >= 15 is 0 Å². The summed E-state index contributed by atoms with van der Waals surface area (Å²) in [6.07, 6.45) is 1.39. The Hall–Kier alpha value is -2.08. The minimum absolute atomic E-state index is 0.219. The number of carbonyl (C=O) groups excluding carboxylic acids is 1. The van der Waals surface area contributed by atoms with Crippen molar-refractivity contribution in [3.05, 3.63) is 40.9 Å². The fourth-order valence-corrected chi connectivity index (χ4v) is 1.71. The Labute approximate surface area is 109 Å². The number of anilines is 1. The number of nitrogens with zero attached hydrogens (tertiary/aromatic N) is 3. The summed E-state index contributed by atoms with van der Waals surface area (Å²) in [6, 6.07) is 4.81. The molecule has 0 aliphatic heterocycles. The van der Waals surface area contributed by atoms with E-state index in [1.54, 1.807) is 25.2 Å². The predicted molar refractivity (Wildman–Crippen MR) is 68.0 cm³/mol. The largest absolute Gasteiger partial charge is 0.399 e. The molecule has 6 nitrogen and oxygen atoms in total. The summed E-state index contributed by atoms with van der Waals surface area (Å²) in [5.41, 5.74) is 6.51. The first kappa shape index (κ1) is 12.4. The molecule has 3 N–H and O–H groups in total. The molecule has 2 aromatic rings. The van der Waals surface area contributed by atoms with E-state index in [4.69, 9.17) is 17.3 Å². The molecule has 0 aliphatic carbocycles. The third-order valence-corrected chi connectivity index (χ3v) is 2.75. The van der Waals surface area contributed by atoms with Crippen molar-refractivity contribution in [1.29, 1.82) is 0 Å². The van der Waals surface area contributed by atoms with Gasteiger partial charge < -0.3 is 10.6 Å². The minimum atomic E-state index is -0.219. The van der Waals surface area contributed by atoms with E-state index in [1.165, 1.54) is 11.2 Å². The number of hydrogen-bond acceptors (Lipinski definition) is 4. The number of amides is 1. The molecule has 1 aromatic heterocycles. The lowest BCUT2D eigenvalue weighted by atomic mass is 10.2. The van der Waals surface area contributed by atoms with Crippen LogP contribution in [0.4, 0.5) is 5.69 Å². The summed E-state index contributed by atoms with van der Waals surface area (Å²) < 4.78 is 0. The summed E-state index contributed by atoms with van der Waals surface area (Å²) in [6.45, 7) is 0.323. The molecule has 0 saturated carbocycles. The Kier molecular flexibility index (Phi) is 3.47. The molecule has 1 aromatic carbocycles. The van der Waals surface area contributed by atoms with Crippen LogP contribution in [0.15, 0.2) is 24.5 Å². The van der Waals surface area contributed by atoms with Gasteiger partial charge in [-0.2, -0.15) is 5.10 Å². The number of nitrogens with two attached hydrogens (primary N) is 1. The molecule has 0 unspecified atom stereocenters. The third-order valence-electron chi connectivity index (χ3n) is 2.42. The minimum Gasteiger partial charge on any atom is -0.399 e. The van der Waals surface area contributed by atoms with Gasteiger partial charge in [0.2, 0.25) is 0 Å². The quantitative estimate of drug-likeness (QED) is 0.819. The summed E-state index contributed by atoms with van der Waals surface area (Å²) in [5, 5.41) is 6.78. The lowest BCUT2D eigenvalue weighted by Crippen LogP contribution is -2.27. The Morgan fingerprint density at radius 2 is 2.33 bits per heavy atom. The predicted octanol–water partition coefficient (Wildman–Crippen LogP) is 1.31. The second kappa shape index (κ2) is 5.05. The van der Waals surface area contributed by atoms with Gasteiger partial charge in [0.15, 0.2) is 0 Å². The molecule has 0 saturated heterocycles. The van der Waals surface area contributed by atoms with Crippen LogP contribution < -0.4 is 5.73 Å². The number of H-pyrrole nitrogens is 1. The van der Waals surface area contributed by atoms with Crippen molar-refractivity contribution in [2.75, 3.05) is 12.8 Å². The van der Waals surface area contributed by atoms with Crippen molar-refractivity contribution in [2.24, 2.45) is 0 Å². The van der Waals surface area contributed by atoms with E-state index in [2.05, 4.69) is 15.2 Å². The number of nitrogen functional groups attached to an aromatic ring is 1. The van der Waals surface area contributed by atoms with Gasteiger partial charge in [-0.15, -0.1) is 0 Å². The SMILES string of the molecule is CN(Cc1ncn[nH]1)C(=O)c1cc(N)ccc1Cl. The highest BCUT2D eigenvalue weighted by molar-refractivity contribution is 6.33. The van der Waals surface area contributed by atoms with Crippen LogP contribution in [-0.2, 0) is 6.54 Å². The number of nitrogens with one attached hydrogen (secondary N) is 1. The highest BCUT2D eigenvalue weighted by Gasteiger charge is 2.16. The van der Waals surface area contributed by atoms with Crippen LogP contribution in [0.2, 0.25) is 5.02 Å². The molecular weight excluding hydrogens is 254 g/mol. The average molecular weight is 266 g/mol. The number of halogens is 1. The first-order valence-electron chi connectivity index (χ1n) is 5.22. The van der Waals surface area contributed by atoms with Gasteiger partial charge in [-0.3, -0.25) is 9.89 Å². The Morgan fingerprint density at radius 3 is 3.00 bits per heavy atom. The monoisotopic (exact) mass is 265 g/mol. The summed E-state index contributed by atoms with van der Waals surface area (Å²) in [4.78, 5) is 17.6. The highest BCUT2D eigenvalue weighted by atomic mass is 35.5. The van der Waals surface area contributed by atoms with Gasteiger partial charge in [-0.25, -0.2) is 4.98 Å². The topological polar surface area (TPSA) is 87.9 Å². The van der Waals surface area contributed by atoms with E-state index in [0.29, 0.717) is 28.6 Å². The molecular formula is C11H12ClN5O. The van der Waals surface area contributed by atoms with Crippen LogP contribution >= 0.6 is 11.6 Å². The van der Waals surface area contributed by atoms with Gasteiger partial charge in [-0.1, -0.05) is 11.6 Å². The van der Waals surface area contributed by atoms with Gasteiger partial charge in [-0.05, 0) is 18.2 Å². The second-order valence-corrected chi connectivity index (χ2v) is 4.24. The van der Waals surface area contributed by atoms with E-state index in [-0.39, 0.29) is 5.91 Å². The maximum Gasteiger partial charge on any atom is 0.255 e. The van der Waals surface area contributed by atoms with Crippen molar-refractivity contribution in [3.8, 4) is 0 Å². The molecule has 7 heteroatoms. The number of aromatic nitrogens is 3. The molecule has 18 heavy (non-hydrogen) atoms. The maximum absolute atomic E-state index is 12.2. The van der Waals surface area contributed by atoms with Crippen LogP contribution in [-0.4, -0.2) is 33.0 Å². The van der Waals surface area contributed by atoms with Gasteiger partial charge in [0.1, 0.15) is 12.2 Å². The highest BCUT2D eigenvalue weighted by Crippen LogP contribution is 2.20. The number of rotatable bonds is 3. The standard InChI is InChI=1S/C11H12ClN5O/c1-17(5-10-14-6-15-16-10)11(18)8-4-7(13)2-3-9(8)12/h2-4,6H,5,13H2,1H3,(H,14,15,16). The third kappa shape index (κ3) is 2.60. The molecule has 0 spiro atoms. The fraction of sp³-hybridized carbons (Fsp3) is 0.182. The first-order chi connectivity index (χ1) is 8.58.